The molecule has 1 aliphatic heterocycles. The SMILES string of the molecule is O=C(S)NCCN1CCOCC1. The van der Waals surface area contributed by atoms with Crippen LogP contribution in [0.5, 0.6) is 0 Å². The second-order valence-corrected chi connectivity index (χ2v) is 3.09. The van der Waals surface area contributed by atoms with Crippen LogP contribution in [0.15, 0.2) is 0 Å². The number of hydrogen-bond acceptors (Lipinski definition) is 3. The standard InChI is InChI=1S/C7H14N2O2S/c10-7(12)8-1-2-9-3-5-11-6-4-9/h1-6H2,(H2,8,10,12). The van der Waals surface area contributed by atoms with Crippen molar-refractivity contribution in [2.75, 3.05) is 39.4 Å². The maximum absolute atomic E-state index is 10.4. The summed E-state index contributed by atoms with van der Waals surface area (Å²) in [5.41, 5.74) is 0. The molecule has 0 aromatic rings. The Labute approximate surface area is 77.7 Å². The summed E-state index contributed by atoms with van der Waals surface area (Å²) in [6.07, 6.45) is 0. The van der Waals surface area contributed by atoms with Crippen molar-refractivity contribution < 1.29 is 9.53 Å². The normalized spacial score (nSPS) is 19.1. The first-order valence-corrected chi connectivity index (χ1v) is 4.50. The molecule has 70 valence electrons. The fourth-order valence-corrected chi connectivity index (χ4v) is 1.26. The van der Waals surface area contributed by atoms with Gasteiger partial charge in [-0.15, -0.1) is 0 Å². The Kier molecular flexibility index (Phi) is 4.42. The van der Waals surface area contributed by atoms with E-state index in [1.165, 1.54) is 0 Å². The maximum atomic E-state index is 10.4. The quantitative estimate of drug-likeness (QED) is 0.614. The number of carbonyl (C=O) groups excluding carboxylic acids is 1. The third kappa shape index (κ3) is 3.94. The molecule has 0 spiro atoms. The van der Waals surface area contributed by atoms with Gasteiger partial charge in [0.1, 0.15) is 0 Å². The summed E-state index contributed by atoms with van der Waals surface area (Å²) < 4.78 is 5.18. The number of thiol groups is 1. The van der Waals surface area contributed by atoms with Crippen molar-refractivity contribution in [1.29, 1.82) is 0 Å². The molecule has 0 saturated carbocycles. The van der Waals surface area contributed by atoms with Crippen LogP contribution in [0.4, 0.5) is 4.79 Å². The lowest BCUT2D eigenvalue weighted by atomic mass is 10.4. The first-order valence-electron chi connectivity index (χ1n) is 4.06. The van der Waals surface area contributed by atoms with Gasteiger partial charge in [0.05, 0.1) is 13.2 Å². The number of nitrogens with one attached hydrogen (secondary N) is 1. The molecule has 1 amide bonds. The minimum atomic E-state index is -0.261. The van der Waals surface area contributed by atoms with Gasteiger partial charge in [0.15, 0.2) is 0 Å². The van der Waals surface area contributed by atoms with E-state index in [0.29, 0.717) is 6.54 Å². The third-order valence-corrected chi connectivity index (χ3v) is 1.97. The van der Waals surface area contributed by atoms with Crippen molar-refractivity contribution in [3.63, 3.8) is 0 Å². The molecule has 5 heteroatoms. The second kappa shape index (κ2) is 5.40. The molecule has 1 fully saturated rings. The Balaban J connectivity index is 2.01. The third-order valence-electron chi connectivity index (χ3n) is 1.81. The van der Waals surface area contributed by atoms with Crippen LogP contribution in [-0.4, -0.2) is 49.5 Å². The molecule has 4 nitrogen and oxygen atoms in total. The lowest BCUT2D eigenvalue weighted by Gasteiger charge is -2.26. The number of hydrogen-bond donors (Lipinski definition) is 2. The van der Waals surface area contributed by atoms with Gasteiger partial charge >= 0.3 is 0 Å². The molecule has 1 N–H and O–H groups in total. The number of morpholine rings is 1. The van der Waals surface area contributed by atoms with Gasteiger partial charge in [0.25, 0.3) is 5.24 Å². The Morgan fingerprint density at radius 3 is 2.75 bits per heavy atom. The van der Waals surface area contributed by atoms with Gasteiger partial charge in [-0.3, -0.25) is 9.69 Å². The van der Waals surface area contributed by atoms with Crippen molar-refractivity contribution >= 4 is 17.9 Å². The number of rotatable bonds is 3. The van der Waals surface area contributed by atoms with Crippen LogP contribution in [0.3, 0.4) is 0 Å². The van der Waals surface area contributed by atoms with Gasteiger partial charge in [-0.1, -0.05) is 12.6 Å². The maximum Gasteiger partial charge on any atom is 0.276 e. The second-order valence-electron chi connectivity index (χ2n) is 2.69. The van der Waals surface area contributed by atoms with Crippen LogP contribution < -0.4 is 5.32 Å². The van der Waals surface area contributed by atoms with Gasteiger partial charge in [-0.2, -0.15) is 0 Å². The molecule has 0 aromatic heterocycles. The topological polar surface area (TPSA) is 41.6 Å². The molecule has 1 aliphatic rings. The van der Waals surface area contributed by atoms with Crippen LogP contribution in [0, 0.1) is 0 Å². The average molecular weight is 190 g/mol. The van der Waals surface area contributed by atoms with E-state index in [0.717, 1.165) is 32.8 Å². The van der Waals surface area contributed by atoms with E-state index < -0.39 is 0 Å². The molecule has 1 saturated heterocycles. The zero-order valence-electron chi connectivity index (χ0n) is 6.95. The predicted octanol–water partition coefficient (Wildman–Crippen LogP) is -0.0420. The lowest BCUT2D eigenvalue weighted by Crippen LogP contribution is -2.40. The van der Waals surface area contributed by atoms with Crippen molar-refractivity contribution in [2.45, 2.75) is 0 Å². The minimum Gasteiger partial charge on any atom is -0.379 e. The van der Waals surface area contributed by atoms with Crippen molar-refractivity contribution in [2.24, 2.45) is 0 Å². The van der Waals surface area contributed by atoms with E-state index in [-0.39, 0.29) is 5.24 Å². The van der Waals surface area contributed by atoms with Crippen molar-refractivity contribution in [3.05, 3.63) is 0 Å². The fourth-order valence-electron chi connectivity index (χ4n) is 1.15. The first-order chi connectivity index (χ1) is 5.79. The number of ether oxygens (including phenoxy) is 1. The van der Waals surface area contributed by atoms with Crippen LogP contribution in [0.1, 0.15) is 0 Å². The summed E-state index contributed by atoms with van der Waals surface area (Å²) in [4.78, 5) is 12.7. The number of nitrogens with zero attached hydrogens (tertiary/aromatic N) is 1. The van der Waals surface area contributed by atoms with E-state index in [4.69, 9.17) is 4.74 Å². The van der Waals surface area contributed by atoms with Gasteiger partial charge in [0.2, 0.25) is 0 Å². The minimum absolute atomic E-state index is 0.261. The summed E-state index contributed by atoms with van der Waals surface area (Å²) in [6, 6.07) is 0. The first kappa shape index (κ1) is 9.83. The predicted molar refractivity (Wildman–Crippen MR) is 49.6 cm³/mol. The summed E-state index contributed by atoms with van der Waals surface area (Å²) in [6.45, 7) is 5.08. The van der Waals surface area contributed by atoms with Crippen molar-refractivity contribution in [1.82, 2.24) is 10.2 Å². The highest BCUT2D eigenvalue weighted by Gasteiger charge is 2.08. The molecular formula is C7H14N2O2S. The van der Waals surface area contributed by atoms with E-state index in [1.807, 2.05) is 0 Å². The summed E-state index contributed by atoms with van der Waals surface area (Å²) in [5.74, 6) is 0. The molecule has 12 heavy (non-hydrogen) atoms. The molecule has 0 unspecified atom stereocenters. The Bertz CT molecular complexity index is 148. The number of carbonyl (C=O) groups is 1. The van der Waals surface area contributed by atoms with Gasteiger partial charge in [0, 0.05) is 26.2 Å². The van der Waals surface area contributed by atoms with Crippen LogP contribution in [0.2, 0.25) is 0 Å². The van der Waals surface area contributed by atoms with E-state index in [9.17, 15) is 4.79 Å². The van der Waals surface area contributed by atoms with E-state index in [2.05, 4.69) is 22.8 Å². The molecule has 1 heterocycles. The van der Waals surface area contributed by atoms with E-state index >= 15 is 0 Å². The van der Waals surface area contributed by atoms with Crippen LogP contribution in [0.25, 0.3) is 0 Å². The van der Waals surface area contributed by atoms with Crippen LogP contribution in [-0.2, 0) is 4.74 Å². The highest BCUT2D eigenvalue weighted by molar-refractivity contribution is 7.96. The van der Waals surface area contributed by atoms with Gasteiger partial charge < -0.3 is 10.1 Å². The highest BCUT2D eigenvalue weighted by atomic mass is 32.1. The van der Waals surface area contributed by atoms with Crippen LogP contribution >= 0.6 is 12.6 Å². The molecule has 0 bridgehead atoms. The van der Waals surface area contributed by atoms with E-state index in [1.54, 1.807) is 0 Å². The Morgan fingerprint density at radius 1 is 1.50 bits per heavy atom. The zero-order valence-corrected chi connectivity index (χ0v) is 7.85. The Hall–Kier alpha value is -0.260. The summed E-state index contributed by atoms with van der Waals surface area (Å²) in [5, 5.41) is 2.37. The van der Waals surface area contributed by atoms with Gasteiger partial charge in [-0.25, -0.2) is 0 Å². The molecule has 0 atom stereocenters. The molecule has 1 rings (SSSR count). The van der Waals surface area contributed by atoms with Crippen molar-refractivity contribution in [3.8, 4) is 0 Å². The highest BCUT2D eigenvalue weighted by Crippen LogP contribution is 1.94. The fraction of sp³-hybridized carbons (Fsp3) is 0.857. The molecule has 0 aliphatic carbocycles. The smallest absolute Gasteiger partial charge is 0.276 e. The monoisotopic (exact) mass is 190 g/mol. The largest absolute Gasteiger partial charge is 0.379 e. The number of amides is 1. The zero-order chi connectivity index (χ0) is 8.81. The van der Waals surface area contributed by atoms with Gasteiger partial charge in [-0.05, 0) is 0 Å². The molecular weight excluding hydrogens is 176 g/mol. The summed E-state index contributed by atoms with van der Waals surface area (Å²) in [7, 11) is 0. The summed E-state index contributed by atoms with van der Waals surface area (Å²) >= 11 is 3.60. The lowest BCUT2D eigenvalue weighted by molar-refractivity contribution is 0.0388. The molecule has 0 aromatic carbocycles. The molecule has 0 radical (unpaired) electrons. The average Bonchev–Trinajstić information content (AvgIpc) is 2.05. The Morgan fingerprint density at radius 2 is 2.17 bits per heavy atom.